The largest absolute Gasteiger partial charge is 0.496 e. The number of carbonyl (C=O) groups is 1. The Morgan fingerprint density at radius 2 is 1.96 bits per heavy atom. The Morgan fingerprint density at radius 1 is 1.21 bits per heavy atom. The van der Waals surface area contributed by atoms with E-state index in [9.17, 15) is 14.9 Å². The highest BCUT2D eigenvalue weighted by Gasteiger charge is 2.13. The molecule has 0 aliphatic rings. The summed E-state index contributed by atoms with van der Waals surface area (Å²) in [6.45, 7) is 0. The molecule has 0 saturated carbocycles. The van der Waals surface area contributed by atoms with E-state index in [-0.39, 0.29) is 5.69 Å². The maximum atomic E-state index is 12.3. The number of nitro groups is 1. The minimum Gasteiger partial charge on any atom is -0.496 e. The predicted molar refractivity (Wildman–Crippen MR) is 111 cm³/mol. The van der Waals surface area contributed by atoms with Gasteiger partial charge in [-0.1, -0.05) is 0 Å². The summed E-state index contributed by atoms with van der Waals surface area (Å²) >= 11 is 4.62. The van der Waals surface area contributed by atoms with Gasteiger partial charge in [0.25, 0.3) is 11.6 Å². The molecule has 0 spiro atoms. The van der Waals surface area contributed by atoms with Gasteiger partial charge in [-0.2, -0.15) is 5.10 Å². The zero-order valence-electron chi connectivity index (χ0n) is 14.8. The van der Waals surface area contributed by atoms with Crippen LogP contribution in [0.15, 0.2) is 46.0 Å². The number of hydrogen-bond acceptors (Lipinski definition) is 7. The first-order valence-electron chi connectivity index (χ1n) is 7.86. The number of non-ortho nitro benzene ring substituents is 1. The van der Waals surface area contributed by atoms with Crippen molar-refractivity contribution in [1.29, 1.82) is 0 Å². The van der Waals surface area contributed by atoms with Crippen LogP contribution in [0.4, 0.5) is 5.69 Å². The maximum Gasteiger partial charge on any atom is 0.281 e. The number of benzene rings is 2. The van der Waals surface area contributed by atoms with Gasteiger partial charge in [-0.05, 0) is 34.1 Å². The molecule has 2 aromatic carbocycles. The van der Waals surface area contributed by atoms with Crippen LogP contribution in [-0.4, -0.2) is 31.3 Å². The maximum absolute atomic E-state index is 12.3. The van der Waals surface area contributed by atoms with Crippen molar-refractivity contribution in [3.8, 4) is 11.5 Å². The third-order valence-corrected chi connectivity index (χ3v) is 5.54. The van der Waals surface area contributed by atoms with Crippen molar-refractivity contribution in [1.82, 2.24) is 5.43 Å². The lowest BCUT2D eigenvalue weighted by Crippen LogP contribution is -2.16. The number of thiophene rings is 1. The van der Waals surface area contributed by atoms with Gasteiger partial charge in [0.05, 0.1) is 34.7 Å². The van der Waals surface area contributed by atoms with Crippen LogP contribution in [0.3, 0.4) is 0 Å². The highest BCUT2D eigenvalue weighted by atomic mass is 79.9. The molecule has 1 aromatic heterocycles. The number of hydrogen-bond donors (Lipinski definition) is 1. The number of nitrogens with zero attached hydrogens (tertiary/aromatic N) is 2. The van der Waals surface area contributed by atoms with Gasteiger partial charge in [-0.3, -0.25) is 14.9 Å². The Bertz CT molecular complexity index is 1100. The number of nitrogens with one attached hydrogen (secondary N) is 1. The first-order valence-corrected chi connectivity index (χ1v) is 9.46. The number of amides is 1. The molecule has 0 fully saturated rings. The zero-order chi connectivity index (χ0) is 20.3. The fraction of sp³-hybridized carbons (Fsp3) is 0.111. The fourth-order valence-corrected chi connectivity index (χ4v) is 3.91. The lowest BCUT2D eigenvalue weighted by atomic mass is 10.2. The number of halogens is 1. The van der Waals surface area contributed by atoms with Gasteiger partial charge in [0.2, 0.25) is 0 Å². The monoisotopic (exact) mass is 463 g/mol. The molecule has 1 amide bonds. The van der Waals surface area contributed by atoms with Crippen LogP contribution in [0.5, 0.6) is 11.5 Å². The molecule has 10 heteroatoms. The Kier molecular flexibility index (Phi) is 5.90. The summed E-state index contributed by atoms with van der Waals surface area (Å²) in [5.41, 5.74) is 3.07. The van der Waals surface area contributed by atoms with E-state index in [2.05, 4.69) is 26.5 Å². The van der Waals surface area contributed by atoms with Crippen molar-refractivity contribution in [3.63, 3.8) is 0 Å². The Morgan fingerprint density at radius 3 is 2.64 bits per heavy atom. The van der Waals surface area contributed by atoms with E-state index in [1.807, 2.05) is 0 Å². The summed E-state index contributed by atoms with van der Waals surface area (Å²) in [6, 6.07) is 9.52. The lowest BCUT2D eigenvalue weighted by molar-refractivity contribution is -0.384. The second kappa shape index (κ2) is 8.36. The molecule has 0 unspecified atom stereocenters. The standard InChI is InChI=1S/C18H14BrN3O5S/c1-26-14-8-15(27-2)13(19)6-11(14)9-20-21-18(23)17-7-10-5-12(22(24)25)3-4-16(10)28-17/h3-9H,1-2H3,(H,21,23). The third-order valence-electron chi connectivity index (χ3n) is 3.81. The molecular weight excluding hydrogens is 450 g/mol. The van der Waals surface area contributed by atoms with Crippen molar-refractivity contribution in [2.24, 2.45) is 5.10 Å². The molecule has 1 heterocycles. The number of methoxy groups -OCH3 is 2. The summed E-state index contributed by atoms with van der Waals surface area (Å²) in [4.78, 5) is 23.1. The molecule has 0 aliphatic heterocycles. The zero-order valence-corrected chi connectivity index (χ0v) is 17.2. The van der Waals surface area contributed by atoms with Gasteiger partial charge in [0.15, 0.2) is 0 Å². The lowest BCUT2D eigenvalue weighted by Gasteiger charge is -2.09. The van der Waals surface area contributed by atoms with E-state index in [1.165, 1.54) is 36.8 Å². The summed E-state index contributed by atoms with van der Waals surface area (Å²) in [7, 11) is 3.07. The fourth-order valence-electron chi connectivity index (χ4n) is 2.46. The predicted octanol–water partition coefficient (Wildman–Crippen LogP) is 4.35. The third kappa shape index (κ3) is 4.12. The Hall–Kier alpha value is -2.98. The Balaban J connectivity index is 1.77. The second-order valence-electron chi connectivity index (χ2n) is 5.52. The van der Waals surface area contributed by atoms with E-state index in [0.717, 1.165) is 9.17 Å². The van der Waals surface area contributed by atoms with Gasteiger partial charge < -0.3 is 9.47 Å². The first-order chi connectivity index (χ1) is 13.4. The summed E-state index contributed by atoms with van der Waals surface area (Å²) in [6.07, 6.45) is 1.46. The molecule has 144 valence electrons. The number of nitro benzene ring substituents is 1. The van der Waals surface area contributed by atoms with Gasteiger partial charge in [0.1, 0.15) is 11.5 Å². The average Bonchev–Trinajstić information content (AvgIpc) is 3.11. The van der Waals surface area contributed by atoms with Crippen LogP contribution >= 0.6 is 27.3 Å². The molecule has 0 radical (unpaired) electrons. The van der Waals surface area contributed by atoms with Crippen molar-refractivity contribution in [3.05, 3.63) is 61.4 Å². The topological polar surface area (TPSA) is 103 Å². The van der Waals surface area contributed by atoms with Crippen LogP contribution in [0.25, 0.3) is 10.1 Å². The van der Waals surface area contributed by atoms with Gasteiger partial charge in [-0.15, -0.1) is 11.3 Å². The second-order valence-corrected chi connectivity index (χ2v) is 7.46. The van der Waals surface area contributed by atoms with Gasteiger partial charge >= 0.3 is 0 Å². The molecular formula is C18H14BrN3O5S. The van der Waals surface area contributed by atoms with Crippen LogP contribution < -0.4 is 14.9 Å². The summed E-state index contributed by atoms with van der Waals surface area (Å²) < 4.78 is 12.0. The highest BCUT2D eigenvalue weighted by Crippen LogP contribution is 2.32. The van der Waals surface area contributed by atoms with Crippen LogP contribution in [0.1, 0.15) is 15.2 Å². The average molecular weight is 464 g/mol. The molecule has 3 rings (SSSR count). The van der Waals surface area contributed by atoms with E-state index in [1.54, 1.807) is 31.4 Å². The van der Waals surface area contributed by atoms with E-state index in [0.29, 0.717) is 27.3 Å². The number of ether oxygens (including phenoxy) is 2. The van der Waals surface area contributed by atoms with Crippen molar-refractivity contribution in [2.75, 3.05) is 14.2 Å². The Labute approximate surface area is 172 Å². The van der Waals surface area contributed by atoms with E-state index in [4.69, 9.17) is 9.47 Å². The minimum absolute atomic E-state index is 0.0209. The van der Waals surface area contributed by atoms with E-state index < -0.39 is 10.8 Å². The van der Waals surface area contributed by atoms with Gasteiger partial charge in [-0.25, -0.2) is 5.43 Å². The molecule has 0 saturated heterocycles. The molecule has 1 N–H and O–H groups in total. The summed E-state index contributed by atoms with van der Waals surface area (Å²) in [5, 5.41) is 15.5. The normalized spacial score (nSPS) is 11.0. The SMILES string of the molecule is COc1cc(OC)c(C=NNC(=O)c2cc3cc([N+](=O)[O-])ccc3s2)cc1Br. The smallest absolute Gasteiger partial charge is 0.281 e. The molecule has 28 heavy (non-hydrogen) atoms. The molecule has 0 aliphatic carbocycles. The van der Waals surface area contributed by atoms with Gasteiger partial charge in [0, 0.05) is 33.8 Å². The van der Waals surface area contributed by atoms with Crippen LogP contribution in [-0.2, 0) is 0 Å². The molecule has 0 atom stereocenters. The minimum atomic E-state index is -0.471. The summed E-state index contributed by atoms with van der Waals surface area (Å²) in [5.74, 6) is 0.733. The van der Waals surface area contributed by atoms with Crippen molar-refractivity contribution >= 4 is 55.2 Å². The number of rotatable bonds is 6. The quantitative estimate of drug-likeness (QED) is 0.332. The number of carbonyl (C=O) groups excluding carboxylic acids is 1. The van der Waals surface area contributed by atoms with Crippen molar-refractivity contribution in [2.45, 2.75) is 0 Å². The van der Waals surface area contributed by atoms with Crippen LogP contribution in [0, 0.1) is 10.1 Å². The number of fused-ring (bicyclic) bond motifs is 1. The number of hydrazone groups is 1. The molecule has 3 aromatic rings. The molecule has 0 bridgehead atoms. The van der Waals surface area contributed by atoms with Crippen LogP contribution in [0.2, 0.25) is 0 Å². The van der Waals surface area contributed by atoms with Crippen molar-refractivity contribution < 1.29 is 19.2 Å². The molecule has 8 nitrogen and oxygen atoms in total. The first kappa shape index (κ1) is 19.8. The van der Waals surface area contributed by atoms with E-state index >= 15 is 0 Å². The highest BCUT2D eigenvalue weighted by molar-refractivity contribution is 9.10.